The smallest absolute Gasteiger partial charge is 0.319 e. The molecular formula is C25H27Cl2N5O5. The number of aromatic nitrogens is 1. The summed E-state index contributed by atoms with van der Waals surface area (Å²) >= 11 is 12.0. The van der Waals surface area contributed by atoms with E-state index in [4.69, 9.17) is 23.2 Å². The molecule has 0 bridgehead atoms. The van der Waals surface area contributed by atoms with Crippen LogP contribution in [0.1, 0.15) is 36.8 Å². The summed E-state index contributed by atoms with van der Waals surface area (Å²) in [5.41, 5.74) is 1.83. The molecule has 2 aromatic carbocycles. The zero-order valence-electron chi connectivity index (χ0n) is 19.3. The van der Waals surface area contributed by atoms with Crippen molar-refractivity contribution >= 4 is 52.7 Å². The maximum atomic E-state index is 12.6. The lowest BCUT2D eigenvalue weighted by atomic mass is 10.0. The summed E-state index contributed by atoms with van der Waals surface area (Å²) in [7, 11) is 0. The van der Waals surface area contributed by atoms with E-state index in [1.807, 2.05) is 6.07 Å². The van der Waals surface area contributed by atoms with Crippen molar-refractivity contribution in [2.24, 2.45) is 0 Å². The minimum Gasteiger partial charge on any atom is -0.481 e. The molecule has 12 heteroatoms. The minimum atomic E-state index is -1.14. The summed E-state index contributed by atoms with van der Waals surface area (Å²) in [6.45, 7) is -0.133. The number of hydrogen-bond acceptors (Lipinski definition) is 5. The fourth-order valence-corrected chi connectivity index (χ4v) is 3.85. The van der Waals surface area contributed by atoms with Gasteiger partial charge in [0.05, 0.1) is 19.0 Å². The van der Waals surface area contributed by atoms with Crippen molar-refractivity contribution in [3.8, 4) is 0 Å². The van der Waals surface area contributed by atoms with Gasteiger partial charge >= 0.3 is 12.0 Å². The van der Waals surface area contributed by atoms with Crippen LogP contribution in [0.3, 0.4) is 0 Å². The third kappa shape index (κ3) is 9.10. The van der Waals surface area contributed by atoms with Gasteiger partial charge in [-0.1, -0.05) is 35.3 Å². The number of amides is 4. The molecule has 37 heavy (non-hydrogen) atoms. The molecule has 0 aliphatic rings. The molecule has 3 aromatic rings. The Bertz CT molecular complexity index is 1280. The first-order chi connectivity index (χ1) is 17.7. The average Bonchev–Trinajstić information content (AvgIpc) is 2.85. The van der Waals surface area contributed by atoms with E-state index >= 15 is 0 Å². The molecule has 0 fully saturated rings. The van der Waals surface area contributed by atoms with Crippen molar-refractivity contribution in [1.29, 1.82) is 0 Å². The number of aliphatic carboxylic acids is 1. The predicted octanol–water partition coefficient (Wildman–Crippen LogP) is 4.26. The maximum absolute atomic E-state index is 12.6. The Morgan fingerprint density at radius 1 is 0.973 bits per heavy atom. The maximum Gasteiger partial charge on any atom is 0.319 e. The van der Waals surface area contributed by atoms with Crippen LogP contribution in [-0.4, -0.2) is 40.5 Å². The summed E-state index contributed by atoms with van der Waals surface area (Å²) < 4.78 is 0. The highest BCUT2D eigenvalue weighted by Gasteiger charge is 2.20. The average molecular weight is 548 g/mol. The minimum absolute atomic E-state index is 0. The predicted molar refractivity (Wildman–Crippen MR) is 143 cm³/mol. The summed E-state index contributed by atoms with van der Waals surface area (Å²) in [4.78, 5) is 52.5. The van der Waals surface area contributed by atoms with Crippen LogP contribution in [0.5, 0.6) is 0 Å². The van der Waals surface area contributed by atoms with Crippen LogP contribution in [0.4, 0.5) is 10.5 Å². The lowest BCUT2D eigenvalue weighted by molar-refractivity contribution is -0.137. The van der Waals surface area contributed by atoms with E-state index in [-0.39, 0.29) is 15.0 Å². The monoisotopic (exact) mass is 547 g/mol. The van der Waals surface area contributed by atoms with E-state index in [1.54, 1.807) is 30.6 Å². The normalized spacial score (nSPS) is 11.2. The molecule has 196 valence electrons. The Balaban J connectivity index is 0.00000380. The first-order valence-electron chi connectivity index (χ1n) is 11.0. The van der Waals surface area contributed by atoms with Crippen LogP contribution in [0.15, 0.2) is 67.0 Å². The first kappa shape index (κ1) is 27.4. The Hall–Kier alpha value is -4.15. The number of carbonyl (C=O) groups excluding carboxylic acids is 3. The van der Waals surface area contributed by atoms with Crippen molar-refractivity contribution < 1.29 is 27.1 Å². The molecule has 0 aliphatic carbocycles. The van der Waals surface area contributed by atoms with Crippen LogP contribution >= 0.6 is 23.2 Å². The number of carboxylic acid groups (broad SMARTS) is 1. The third-order valence-electron chi connectivity index (χ3n) is 4.97. The van der Waals surface area contributed by atoms with Gasteiger partial charge in [-0.2, -0.15) is 0 Å². The van der Waals surface area contributed by atoms with Gasteiger partial charge in [0.1, 0.15) is 0 Å². The molecule has 0 spiro atoms. The number of rotatable bonds is 10. The molecule has 1 aromatic heterocycles. The Morgan fingerprint density at radius 3 is 2.41 bits per heavy atom. The van der Waals surface area contributed by atoms with Gasteiger partial charge in [0.15, 0.2) is 0 Å². The van der Waals surface area contributed by atoms with Gasteiger partial charge in [0.25, 0.3) is 5.91 Å². The van der Waals surface area contributed by atoms with E-state index in [9.17, 15) is 24.3 Å². The number of pyridine rings is 1. The van der Waals surface area contributed by atoms with Crippen LogP contribution in [0.2, 0.25) is 10.0 Å². The number of carboxylic acids is 1. The number of urea groups is 1. The van der Waals surface area contributed by atoms with E-state index in [0.29, 0.717) is 21.3 Å². The third-order valence-corrected chi connectivity index (χ3v) is 5.41. The number of hydrogen-bond donors (Lipinski definition) is 5. The summed E-state index contributed by atoms with van der Waals surface area (Å²) in [5, 5.41) is 20.2. The Labute approximate surface area is 225 Å². The topological polar surface area (TPSA) is 150 Å². The lowest BCUT2D eigenvalue weighted by Gasteiger charge is -2.18. The quantitative estimate of drug-likeness (QED) is 0.256. The molecule has 1 unspecified atom stereocenters. The van der Waals surface area contributed by atoms with Crippen LogP contribution in [0.25, 0.3) is 0 Å². The van der Waals surface area contributed by atoms with Crippen LogP contribution < -0.4 is 21.3 Å². The highest BCUT2D eigenvalue weighted by atomic mass is 35.5. The zero-order chi connectivity index (χ0) is 26.8. The molecule has 1 atom stereocenters. The number of benzene rings is 2. The van der Waals surface area contributed by atoms with Crippen molar-refractivity contribution in [1.82, 2.24) is 20.9 Å². The lowest BCUT2D eigenvalue weighted by Crippen LogP contribution is -2.39. The van der Waals surface area contributed by atoms with Crippen LogP contribution in [0, 0.1) is 0 Å². The number of nitrogens with one attached hydrogen (secondary N) is 4. The van der Waals surface area contributed by atoms with Gasteiger partial charge in [-0.3, -0.25) is 19.4 Å². The standard InChI is InChI=1S/C25H23Cl2N5O5.2H2/c26-18-7-17(8-19(27)10-18)21(11-23(34)35)32-22(33)14-29-24(36)16-4-1-5-20(9-16)31-25(37)30-13-15-3-2-6-28-12-15;;/h1-10,12,21H,11,13-14H2,(H,29,36)(H,32,33)(H,34,35)(H2,30,31,37);2*1H. The number of nitrogens with zero attached hydrogens (tertiary/aromatic N) is 1. The van der Waals surface area contributed by atoms with Gasteiger partial charge in [-0.05, 0) is 53.6 Å². The zero-order valence-corrected chi connectivity index (χ0v) is 20.8. The van der Waals surface area contributed by atoms with Crippen molar-refractivity contribution in [2.75, 3.05) is 11.9 Å². The molecule has 1 heterocycles. The fraction of sp³-hybridized carbons (Fsp3) is 0.160. The first-order valence-corrected chi connectivity index (χ1v) is 11.7. The van der Waals surface area contributed by atoms with Crippen molar-refractivity contribution in [3.05, 3.63) is 93.7 Å². The molecule has 0 aliphatic heterocycles. The van der Waals surface area contributed by atoms with Crippen LogP contribution in [-0.2, 0) is 16.1 Å². The highest BCUT2D eigenvalue weighted by Crippen LogP contribution is 2.25. The molecule has 3 rings (SSSR count). The molecule has 10 nitrogen and oxygen atoms in total. The molecular weight excluding hydrogens is 521 g/mol. The van der Waals surface area contributed by atoms with Crippen molar-refractivity contribution in [3.63, 3.8) is 0 Å². The summed E-state index contributed by atoms with van der Waals surface area (Å²) in [5.74, 6) is -2.31. The second kappa shape index (κ2) is 13.2. The summed E-state index contributed by atoms with van der Waals surface area (Å²) in [6.07, 6.45) is 2.86. The molecule has 0 saturated carbocycles. The highest BCUT2D eigenvalue weighted by molar-refractivity contribution is 6.34. The summed E-state index contributed by atoms with van der Waals surface area (Å²) in [6, 6.07) is 12.9. The van der Waals surface area contributed by atoms with Gasteiger partial charge in [0.2, 0.25) is 5.91 Å². The van der Waals surface area contributed by atoms with Gasteiger partial charge in [-0.25, -0.2) is 4.79 Å². The van der Waals surface area contributed by atoms with E-state index in [1.165, 1.54) is 30.3 Å². The van der Waals surface area contributed by atoms with E-state index in [0.717, 1.165) is 5.56 Å². The Kier molecular flexibility index (Phi) is 9.82. The molecule has 5 N–H and O–H groups in total. The number of anilines is 1. The van der Waals surface area contributed by atoms with Gasteiger partial charge in [0, 0.05) is 43.1 Å². The number of carbonyl (C=O) groups is 4. The largest absolute Gasteiger partial charge is 0.481 e. The molecule has 0 radical (unpaired) electrons. The second-order valence-electron chi connectivity index (χ2n) is 7.85. The second-order valence-corrected chi connectivity index (χ2v) is 8.73. The fourth-order valence-electron chi connectivity index (χ4n) is 3.31. The SMILES string of the molecule is O=C(O)CC(NC(=O)CNC(=O)c1cccc(NC(=O)NCc2cccnc2)c1)c1cc(Cl)cc(Cl)c1.[HH].[HH]. The van der Waals surface area contributed by atoms with Gasteiger partial charge < -0.3 is 26.4 Å². The number of halogens is 2. The van der Waals surface area contributed by atoms with E-state index < -0.39 is 42.8 Å². The molecule has 4 amide bonds. The van der Waals surface area contributed by atoms with Gasteiger partial charge in [-0.15, -0.1) is 0 Å². The Morgan fingerprint density at radius 2 is 1.73 bits per heavy atom. The van der Waals surface area contributed by atoms with E-state index in [2.05, 4.69) is 26.3 Å². The van der Waals surface area contributed by atoms with Crippen molar-refractivity contribution in [2.45, 2.75) is 19.0 Å². The molecule has 0 saturated heterocycles.